The summed E-state index contributed by atoms with van der Waals surface area (Å²) in [4.78, 5) is 15.2. The van der Waals surface area contributed by atoms with Crippen LogP contribution in [0.25, 0.3) is 0 Å². The maximum atomic E-state index is 13.0. The van der Waals surface area contributed by atoms with Crippen LogP contribution < -0.4 is 14.9 Å². The van der Waals surface area contributed by atoms with Crippen molar-refractivity contribution in [2.45, 2.75) is 39.2 Å². The minimum atomic E-state index is -3.42. The first-order valence-electron chi connectivity index (χ1n) is 10.2. The Bertz CT molecular complexity index is 924. The fraction of sp³-hybridized carbons (Fsp3) is 0.409. The Balaban J connectivity index is 1.81. The molecule has 0 spiro atoms. The molecule has 0 bridgehead atoms. The molecule has 1 aliphatic rings. The molecular weight excluding hydrogens is 386 g/mol. The number of nitrogens with one attached hydrogen (secondary N) is 2. The molecule has 1 aliphatic heterocycles. The van der Waals surface area contributed by atoms with E-state index in [9.17, 15) is 13.2 Å². The molecule has 6 nitrogen and oxygen atoms in total. The molecule has 2 aromatic carbocycles. The number of nitrogens with zero attached hydrogens (tertiary/aromatic N) is 1. The number of benzene rings is 2. The van der Waals surface area contributed by atoms with Gasteiger partial charge in [0.1, 0.15) is 0 Å². The van der Waals surface area contributed by atoms with Gasteiger partial charge in [-0.1, -0.05) is 43.7 Å². The van der Waals surface area contributed by atoms with Crippen molar-refractivity contribution in [2.75, 3.05) is 28.5 Å². The van der Waals surface area contributed by atoms with E-state index >= 15 is 0 Å². The minimum absolute atomic E-state index is 0.0763. The van der Waals surface area contributed by atoms with Crippen LogP contribution in [0.1, 0.15) is 48.5 Å². The molecule has 0 aliphatic carbocycles. The maximum Gasteiger partial charge on any atom is 0.253 e. The molecule has 1 saturated heterocycles. The maximum absolute atomic E-state index is 13.0. The number of hydrogen-bond acceptors (Lipinski definition) is 4. The molecule has 1 fully saturated rings. The number of anilines is 2. The Morgan fingerprint density at radius 3 is 2.48 bits per heavy atom. The second-order valence-corrected chi connectivity index (χ2v) is 9.21. The van der Waals surface area contributed by atoms with Crippen molar-refractivity contribution in [1.29, 1.82) is 0 Å². The molecule has 0 aromatic heterocycles. The van der Waals surface area contributed by atoms with Gasteiger partial charge in [0, 0.05) is 31.0 Å². The van der Waals surface area contributed by atoms with E-state index in [1.54, 1.807) is 12.1 Å². The van der Waals surface area contributed by atoms with Crippen LogP contribution in [0.5, 0.6) is 0 Å². The normalized spacial score (nSPS) is 14.0. The van der Waals surface area contributed by atoms with Gasteiger partial charge in [0.15, 0.2) is 0 Å². The first-order valence-corrected chi connectivity index (χ1v) is 11.9. The summed E-state index contributed by atoms with van der Waals surface area (Å²) in [6, 6.07) is 15.0. The summed E-state index contributed by atoms with van der Waals surface area (Å²) in [6.45, 7) is 4.18. The predicted molar refractivity (Wildman–Crippen MR) is 118 cm³/mol. The molecule has 0 saturated carbocycles. The van der Waals surface area contributed by atoms with E-state index < -0.39 is 10.0 Å². The summed E-state index contributed by atoms with van der Waals surface area (Å²) < 4.78 is 27.2. The first-order chi connectivity index (χ1) is 14.0. The van der Waals surface area contributed by atoms with Crippen LogP contribution in [0, 0.1) is 0 Å². The molecule has 2 aromatic rings. The van der Waals surface area contributed by atoms with Crippen molar-refractivity contribution in [2.24, 2.45) is 0 Å². The largest absolute Gasteiger partial charge is 0.371 e. The molecule has 1 amide bonds. The van der Waals surface area contributed by atoms with Gasteiger partial charge in [0.2, 0.25) is 10.0 Å². The van der Waals surface area contributed by atoms with Gasteiger partial charge in [-0.3, -0.25) is 9.52 Å². The number of unbranched alkanes of at least 4 members (excludes halogenated alkanes) is 1. The summed E-state index contributed by atoms with van der Waals surface area (Å²) in [5, 5.41) is 2.96. The highest BCUT2D eigenvalue weighted by molar-refractivity contribution is 7.92. The Hall–Kier alpha value is -2.54. The molecule has 0 atom stereocenters. The Morgan fingerprint density at radius 2 is 1.79 bits per heavy atom. The lowest BCUT2D eigenvalue weighted by molar-refractivity contribution is 0.0951. The van der Waals surface area contributed by atoms with Crippen molar-refractivity contribution in [3.8, 4) is 0 Å². The summed E-state index contributed by atoms with van der Waals surface area (Å²) in [7, 11) is -3.42. The van der Waals surface area contributed by atoms with Crippen LogP contribution in [0.3, 0.4) is 0 Å². The van der Waals surface area contributed by atoms with E-state index in [2.05, 4.69) is 14.9 Å². The van der Waals surface area contributed by atoms with Gasteiger partial charge in [0.05, 0.1) is 11.3 Å². The summed E-state index contributed by atoms with van der Waals surface area (Å²) in [5.41, 5.74) is 2.79. The molecule has 3 rings (SSSR count). The van der Waals surface area contributed by atoms with Crippen molar-refractivity contribution in [1.82, 2.24) is 5.32 Å². The fourth-order valence-corrected chi connectivity index (χ4v) is 4.71. The third-order valence-corrected chi connectivity index (χ3v) is 6.40. The van der Waals surface area contributed by atoms with Crippen LogP contribution >= 0.6 is 0 Å². The number of sulfonamides is 1. The number of carbonyl (C=O) groups excluding carboxylic acids is 1. The van der Waals surface area contributed by atoms with Gasteiger partial charge < -0.3 is 10.2 Å². The number of rotatable bonds is 9. The molecule has 7 heteroatoms. The first kappa shape index (κ1) is 21.2. The molecule has 2 N–H and O–H groups in total. The summed E-state index contributed by atoms with van der Waals surface area (Å²) in [5.74, 6) is -0.127. The second-order valence-electron chi connectivity index (χ2n) is 7.37. The van der Waals surface area contributed by atoms with E-state index in [1.165, 1.54) is 0 Å². The van der Waals surface area contributed by atoms with Gasteiger partial charge in [-0.2, -0.15) is 0 Å². The van der Waals surface area contributed by atoms with Gasteiger partial charge in [-0.25, -0.2) is 8.42 Å². The molecule has 1 heterocycles. The Kier molecular flexibility index (Phi) is 7.14. The molecular formula is C22H29N3O3S. The van der Waals surface area contributed by atoms with Crippen molar-refractivity contribution < 1.29 is 13.2 Å². The van der Waals surface area contributed by atoms with E-state index in [-0.39, 0.29) is 11.7 Å². The van der Waals surface area contributed by atoms with Crippen molar-refractivity contribution in [3.63, 3.8) is 0 Å². The second kappa shape index (κ2) is 9.78. The SMILES string of the molecule is CCCCS(=O)(=O)Nc1ccc(N2CCCC2)c(C(=O)NCc2ccccc2)c1. The zero-order valence-electron chi connectivity index (χ0n) is 16.9. The molecule has 156 valence electrons. The molecule has 29 heavy (non-hydrogen) atoms. The monoisotopic (exact) mass is 415 g/mol. The highest BCUT2D eigenvalue weighted by atomic mass is 32.2. The lowest BCUT2D eigenvalue weighted by Gasteiger charge is -2.22. The number of amides is 1. The van der Waals surface area contributed by atoms with Crippen molar-refractivity contribution >= 4 is 27.3 Å². The van der Waals surface area contributed by atoms with Gasteiger partial charge in [-0.15, -0.1) is 0 Å². The Morgan fingerprint density at radius 1 is 1.07 bits per heavy atom. The van der Waals surface area contributed by atoms with Crippen LogP contribution in [-0.2, 0) is 16.6 Å². The van der Waals surface area contributed by atoms with Crippen LogP contribution in [0.4, 0.5) is 11.4 Å². The van der Waals surface area contributed by atoms with Gasteiger partial charge in [-0.05, 0) is 43.0 Å². The van der Waals surface area contributed by atoms with Crippen LogP contribution in [0.2, 0.25) is 0 Å². The van der Waals surface area contributed by atoms with Gasteiger partial charge >= 0.3 is 0 Å². The van der Waals surface area contributed by atoms with E-state index in [0.29, 0.717) is 24.2 Å². The van der Waals surface area contributed by atoms with Crippen LogP contribution in [-0.4, -0.2) is 33.2 Å². The van der Waals surface area contributed by atoms with E-state index in [0.717, 1.165) is 43.6 Å². The van der Waals surface area contributed by atoms with Crippen molar-refractivity contribution in [3.05, 3.63) is 59.7 Å². The van der Waals surface area contributed by atoms with Gasteiger partial charge in [0.25, 0.3) is 5.91 Å². The topological polar surface area (TPSA) is 78.5 Å². The Labute approximate surface area is 173 Å². The highest BCUT2D eigenvalue weighted by Gasteiger charge is 2.21. The standard InChI is InChI=1S/C22H29N3O3S/c1-2-3-15-29(27,28)24-19-11-12-21(25-13-7-8-14-25)20(16-19)22(26)23-17-18-9-5-4-6-10-18/h4-6,9-12,16,24H,2-3,7-8,13-15,17H2,1H3,(H,23,26). The predicted octanol–water partition coefficient (Wildman–Crippen LogP) is 3.76. The smallest absolute Gasteiger partial charge is 0.253 e. The number of hydrogen-bond donors (Lipinski definition) is 2. The third-order valence-electron chi connectivity index (χ3n) is 5.02. The molecule has 0 unspecified atom stereocenters. The average molecular weight is 416 g/mol. The van der Waals surface area contributed by atoms with Crippen LogP contribution in [0.15, 0.2) is 48.5 Å². The molecule has 0 radical (unpaired) electrons. The minimum Gasteiger partial charge on any atom is -0.371 e. The summed E-state index contributed by atoms with van der Waals surface area (Å²) in [6.07, 6.45) is 3.60. The third kappa shape index (κ3) is 5.97. The average Bonchev–Trinajstić information content (AvgIpc) is 3.25. The number of carbonyl (C=O) groups is 1. The van der Waals surface area contributed by atoms with E-state index in [1.807, 2.05) is 43.3 Å². The zero-order valence-corrected chi connectivity index (χ0v) is 17.7. The fourth-order valence-electron chi connectivity index (χ4n) is 3.45. The zero-order chi connectivity index (χ0) is 20.7. The van der Waals surface area contributed by atoms with E-state index in [4.69, 9.17) is 0 Å². The lowest BCUT2D eigenvalue weighted by Crippen LogP contribution is -2.27. The lowest BCUT2D eigenvalue weighted by atomic mass is 10.1. The summed E-state index contributed by atoms with van der Waals surface area (Å²) >= 11 is 0. The quantitative estimate of drug-likeness (QED) is 0.654. The highest BCUT2D eigenvalue weighted by Crippen LogP contribution is 2.28.